The number of halogens is 1. The maximum atomic E-state index is 12.9. The molecule has 146 valence electrons. The molecule has 0 aliphatic heterocycles. The molecule has 5 nitrogen and oxygen atoms in total. The minimum Gasteiger partial charge on any atom is -0.493 e. The monoisotopic (exact) mass is 382 g/mol. The van der Waals surface area contributed by atoms with E-state index in [9.17, 15) is 9.18 Å². The lowest BCUT2D eigenvalue weighted by atomic mass is 9.81. The lowest BCUT2D eigenvalue weighted by molar-refractivity contribution is 0.0815. The van der Waals surface area contributed by atoms with E-state index in [4.69, 9.17) is 9.26 Å². The third-order valence-electron chi connectivity index (χ3n) is 4.54. The quantitative estimate of drug-likeness (QED) is 0.681. The van der Waals surface area contributed by atoms with Crippen LogP contribution in [0, 0.1) is 11.7 Å². The minimum absolute atomic E-state index is 0.0848. The van der Waals surface area contributed by atoms with Crippen molar-refractivity contribution in [3.63, 3.8) is 0 Å². The lowest BCUT2D eigenvalue weighted by Gasteiger charge is -2.35. The van der Waals surface area contributed by atoms with Crippen molar-refractivity contribution >= 4 is 11.5 Å². The summed E-state index contributed by atoms with van der Waals surface area (Å²) >= 11 is 0. The van der Waals surface area contributed by atoms with Gasteiger partial charge < -0.3 is 14.6 Å². The van der Waals surface area contributed by atoms with Crippen LogP contribution in [0.4, 0.5) is 4.39 Å². The Balaban J connectivity index is 1.46. The molecule has 0 unspecified atom stereocenters. The van der Waals surface area contributed by atoms with Gasteiger partial charge in [0.15, 0.2) is 0 Å². The molecule has 1 amide bonds. The number of carbonyl (C=O) groups excluding carboxylic acids is 1. The molecule has 1 aromatic carbocycles. The van der Waals surface area contributed by atoms with Gasteiger partial charge in [0.1, 0.15) is 17.3 Å². The number of aromatic nitrogens is 1. The summed E-state index contributed by atoms with van der Waals surface area (Å²) < 4.78 is 23.7. The van der Waals surface area contributed by atoms with Gasteiger partial charge >= 0.3 is 0 Å². The van der Waals surface area contributed by atoms with Gasteiger partial charge in [-0.05, 0) is 49.9 Å². The number of benzene rings is 1. The first kappa shape index (κ1) is 19.6. The number of nitrogens with one attached hydrogen (secondary N) is 1. The number of hydrogen-bond acceptors (Lipinski definition) is 4. The molecule has 1 aliphatic rings. The number of hydrogen-bond donors (Lipinski definition) is 1. The molecular weight excluding hydrogens is 359 g/mol. The summed E-state index contributed by atoms with van der Waals surface area (Å²) in [6.45, 7) is 6.12. The van der Waals surface area contributed by atoms with Crippen molar-refractivity contribution in [3.8, 4) is 5.75 Å². The Hall–Kier alpha value is -3.15. The molecule has 1 saturated carbocycles. The van der Waals surface area contributed by atoms with E-state index in [1.54, 1.807) is 30.4 Å². The van der Waals surface area contributed by atoms with Crippen LogP contribution in [0.3, 0.4) is 0 Å². The van der Waals surface area contributed by atoms with Crippen LogP contribution in [0.1, 0.15) is 36.0 Å². The Morgan fingerprint density at radius 1 is 1.39 bits per heavy atom. The molecule has 0 atom stereocenters. The van der Waals surface area contributed by atoms with Crippen LogP contribution < -0.4 is 10.1 Å². The highest BCUT2D eigenvalue weighted by atomic mass is 19.1. The SMILES string of the molecule is C=C/C=C(\C=C/C)c1cc(C(=O)NC2CC(COc3ccc(F)cc3)C2)on1. The van der Waals surface area contributed by atoms with Crippen molar-refractivity contribution in [3.05, 3.63) is 78.5 Å². The van der Waals surface area contributed by atoms with Crippen LogP contribution in [-0.2, 0) is 0 Å². The smallest absolute Gasteiger partial charge is 0.290 e. The van der Waals surface area contributed by atoms with Gasteiger partial charge in [-0.25, -0.2) is 4.39 Å². The van der Waals surface area contributed by atoms with E-state index in [1.807, 2.05) is 19.1 Å². The van der Waals surface area contributed by atoms with Gasteiger partial charge in [0.25, 0.3) is 5.91 Å². The topological polar surface area (TPSA) is 64.4 Å². The van der Waals surface area contributed by atoms with Crippen molar-refractivity contribution in [1.82, 2.24) is 10.5 Å². The Kier molecular flexibility index (Phi) is 6.42. The van der Waals surface area contributed by atoms with E-state index in [0.29, 0.717) is 24.0 Å². The van der Waals surface area contributed by atoms with Crippen molar-refractivity contribution in [1.29, 1.82) is 0 Å². The van der Waals surface area contributed by atoms with Crippen molar-refractivity contribution in [2.45, 2.75) is 25.8 Å². The Morgan fingerprint density at radius 2 is 2.14 bits per heavy atom. The number of amides is 1. The van der Waals surface area contributed by atoms with Gasteiger partial charge in [-0.1, -0.05) is 36.0 Å². The number of carbonyl (C=O) groups is 1. The van der Waals surface area contributed by atoms with Gasteiger partial charge in [-0.2, -0.15) is 0 Å². The number of rotatable bonds is 8. The van der Waals surface area contributed by atoms with Crippen LogP contribution in [0.5, 0.6) is 5.75 Å². The molecule has 1 aliphatic carbocycles. The normalized spacial score (nSPS) is 19.3. The predicted molar refractivity (Wildman–Crippen MR) is 105 cm³/mol. The van der Waals surface area contributed by atoms with E-state index in [2.05, 4.69) is 17.1 Å². The van der Waals surface area contributed by atoms with E-state index in [-0.39, 0.29) is 23.5 Å². The van der Waals surface area contributed by atoms with Crippen molar-refractivity contribution in [2.24, 2.45) is 5.92 Å². The second kappa shape index (κ2) is 9.17. The lowest BCUT2D eigenvalue weighted by Crippen LogP contribution is -2.45. The molecule has 1 fully saturated rings. The average Bonchev–Trinajstić information content (AvgIpc) is 3.14. The molecule has 0 bridgehead atoms. The Labute approximate surface area is 163 Å². The zero-order chi connectivity index (χ0) is 19.9. The molecule has 0 radical (unpaired) electrons. The van der Waals surface area contributed by atoms with E-state index in [0.717, 1.165) is 18.4 Å². The standard InChI is InChI=1S/C22H23FN2O3/c1-3-5-16(6-4-2)20-13-21(28-25-20)22(26)24-18-11-15(12-18)14-27-19-9-7-17(23)8-10-19/h3-10,13,15,18H,1,11-12,14H2,2H3,(H,24,26)/b6-4-,16-5+. The third kappa shape index (κ3) is 4.97. The molecule has 6 heteroatoms. The molecule has 3 rings (SSSR count). The van der Waals surface area contributed by atoms with Crippen LogP contribution in [0.25, 0.3) is 5.57 Å². The highest BCUT2D eigenvalue weighted by molar-refractivity contribution is 5.92. The summed E-state index contributed by atoms with van der Waals surface area (Å²) in [5.41, 5.74) is 1.41. The van der Waals surface area contributed by atoms with Crippen LogP contribution in [0.2, 0.25) is 0 Å². The fourth-order valence-corrected chi connectivity index (χ4v) is 3.04. The first-order valence-corrected chi connectivity index (χ1v) is 9.20. The maximum absolute atomic E-state index is 12.9. The fraction of sp³-hybridized carbons (Fsp3) is 0.273. The highest BCUT2D eigenvalue weighted by Gasteiger charge is 2.31. The predicted octanol–water partition coefficient (Wildman–Crippen LogP) is 4.55. The van der Waals surface area contributed by atoms with E-state index >= 15 is 0 Å². The van der Waals surface area contributed by atoms with Crippen LogP contribution in [-0.4, -0.2) is 23.7 Å². The van der Waals surface area contributed by atoms with Crippen LogP contribution in [0.15, 0.2) is 65.7 Å². The fourth-order valence-electron chi connectivity index (χ4n) is 3.04. The van der Waals surface area contributed by atoms with E-state index in [1.165, 1.54) is 12.1 Å². The molecule has 0 spiro atoms. The minimum atomic E-state index is -0.285. The summed E-state index contributed by atoms with van der Waals surface area (Å²) in [4.78, 5) is 12.3. The number of allylic oxidation sites excluding steroid dienone is 5. The zero-order valence-electron chi connectivity index (χ0n) is 15.7. The van der Waals surface area contributed by atoms with Gasteiger partial charge in [-0.15, -0.1) is 0 Å². The van der Waals surface area contributed by atoms with Crippen molar-refractivity contribution in [2.75, 3.05) is 6.61 Å². The third-order valence-corrected chi connectivity index (χ3v) is 4.54. The average molecular weight is 382 g/mol. The van der Waals surface area contributed by atoms with Gasteiger partial charge in [0.05, 0.1) is 6.61 Å². The summed E-state index contributed by atoms with van der Waals surface area (Å²) in [5, 5.41) is 6.91. The summed E-state index contributed by atoms with van der Waals surface area (Å²) in [6.07, 6.45) is 8.87. The van der Waals surface area contributed by atoms with Crippen molar-refractivity contribution < 1.29 is 18.4 Å². The van der Waals surface area contributed by atoms with Crippen LogP contribution >= 0.6 is 0 Å². The molecule has 1 heterocycles. The first-order chi connectivity index (χ1) is 13.6. The summed E-state index contributed by atoms with van der Waals surface area (Å²) in [6, 6.07) is 7.67. The molecule has 0 saturated heterocycles. The number of nitrogens with zero attached hydrogens (tertiary/aromatic N) is 1. The molecule has 28 heavy (non-hydrogen) atoms. The Morgan fingerprint density at radius 3 is 2.82 bits per heavy atom. The summed E-state index contributed by atoms with van der Waals surface area (Å²) in [7, 11) is 0. The van der Waals surface area contributed by atoms with Gasteiger partial charge in [0.2, 0.25) is 5.76 Å². The highest BCUT2D eigenvalue weighted by Crippen LogP contribution is 2.28. The summed E-state index contributed by atoms with van der Waals surface area (Å²) in [5.74, 6) is 0.623. The van der Waals surface area contributed by atoms with E-state index < -0.39 is 0 Å². The molecule has 1 N–H and O–H groups in total. The Bertz CT molecular complexity index is 877. The zero-order valence-corrected chi connectivity index (χ0v) is 15.7. The maximum Gasteiger partial charge on any atom is 0.290 e. The largest absolute Gasteiger partial charge is 0.493 e. The molecule has 1 aromatic heterocycles. The van der Waals surface area contributed by atoms with Gasteiger partial charge in [-0.3, -0.25) is 4.79 Å². The second-order valence-electron chi connectivity index (χ2n) is 6.71. The molecular formula is C22H23FN2O3. The molecule has 2 aromatic rings. The second-order valence-corrected chi connectivity index (χ2v) is 6.71. The first-order valence-electron chi connectivity index (χ1n) is 9.20. The number of ether oxygens (including phenoxy) is 1. The van der Waals surface area contributed by atoms with Gasteiger partial charge in [0, 0.05) is 17.7 Å².